The van der Waals surface area contributed by atoms with E-state index in [2.05, 4.69) is 21.3 Å². The molecule has 0 aromatic heterocycles. The highest BCUT2D eigenvalue weighted by Gasteiger charge is 2.21. The van der Waals surface area contributed by atoms with Crippen molar-refractivity contribution in [2.75, 3.05) is 33.0 Å². The number of alkyl carbamates (subject to hydrolysis) is 3. The first-order valence-electron chi connectivity index (χ1n) is 32.6. The second kappa shape index (κ2) is 51.5. The molecular weight excluding hydrogens is 1280 g/mol. The Kier molecular flexibility index (Phi) is 45.3. The first-order valence-corrected chi connectivity index (χ1v) is 32.6. The summed E-state index contributed by atoms with van der Waals surface area (Å²) >= 11 is 0. The van der Waals surface area contributed by atoms with Crippen molar-refractivity contribution in [1.29, 1.82) is 0 Å². The number of hydrogen-bond donors (Lipinski definition) is 4. The Morgan fingerprint density at radius 3 is 1.02 bits per heavy atom. The summed E-state index contributed by atoms with van der Waals surface area (Å²) in [5, 5.41) is 10.3. The minimum Gasteiger partial charge on any atom is -0.460 e. The second-order valence-electron chi connectivity index (χ2n) is 23.5. The van der Waals surface area contributed by atoms with Gasteiger partial charge in [-0.05, 0) is 145 Å². The lowest BCUT2D eigenvalue weighted by Gasteiger charge is -2.23. The number of para-hydroxylation sites is 1. The predicted molar refractivity (Wildman–Crippen MR) is 356 cm³/mol. The fourth-order valence-corrected chi connectivity index (χ4v) is 7.97. The lowest BCUT2D eigenvalue weighted by atomic mass is 9.90. The molecule has 2 aliphatic rings. The third-order valence-corrected chi connectivity index (χ3v) is 12.4. The van der Waals surface area contributed by atoms with Crippen LogP contribution < -0.4 is 26.0 Å². The van der Waals surface area contributed by atoms with E-state index in [1.54, 1.807) is 113 Å². The van der Waals surface area contributed by atoms with E-state index in [4.69, 9.17) is 56.8 Å². The molecule has 2 aliphatic carbocycles. The molecule has 28 nitrogen and oxygen atoms in total. The maximum absolute atomic E-state index is 11.7. The first kappa shape index (κ1) is 86.3. The van der Waals surface area contributed by atoms with Gasteiger partial charge in [0.05, 0.1) is 55.2 Å². The van der Waals surface area contributed by atoms with Crippen LogP contribution >= 0.6 is 0 Å². The summed E-state index contributed by atoms with van der Waals surface area (Å²) in [5.74, 6) is -4.37. The second-order valence-corrected chi connectivity index (χ2v) is 23.5. The molecule has 98 heavy (non-hydrogen) atoms. The molecule has 0 aliphatic heterocycles. The lowest BCUT2D eigenvalue weighted by molar-refractivity contribution is -0.143. The van der Waals surface area contributed by atoms with Gasteiger partial charge < -0.3 is 78.1 Å². The van der Waals surface area contributed by atoms with Crippen molar-refractivity contribution in [3.8, 4) is 5.75 Å². The van der Waals surface area contributed by atoms with Crippen molar-refractivity contribution in [2.24, 2.45) is 5.92 Å². The number of rotatable bonds is 30. The molecule has 2 aromatic rings. The third-order valence-electron chi connectivity index (χ3n) is 12.4. The molecule has 2 saturated carbocycles. The zero-order valence-electron chi connectivity index (χ0n) is 58.3. The Balaban J connectivity index is 0.000000653. The van der Waals surface area contributed by atoms with Gasteiger partial charge in [0.15, 0.2) is 0 Å². The van der Waals surface area contributed by atoms with Crippen molar-refractivity contribution in [1.82, 2.24) is 21.3 Å². The molecule has 0 saturated heterocycles. The maximum atomic E-state index is 11.7. The highest BCUT2D eigenvalue weighted by atomic mass is 16.6. The van der Waals surface area contributed by atoms with Crippen molar-refractivity contribution in [2.45, 2.75) is 209 Å². The number of nitrogens with one attached hydrogen (secondary N) is 4. The van der Waals surface area contributed by atoms with Gasteiger partial charge in [-0.25, -0.2) is 57.5 Å². The average molecular weight is 1380 g/mol. The molecule has 4 atom stereocenters. The van der Waals surface area contributed by atoms with E-state index in [-0.39, 0.29) is 75.6 Å². The number of carbonyl (C=O) groups is 12. The average Bonchev–Trinajstić information content (AvgIpc) is 3.71. The summed E-state index contributed by atoms with van der Waals surface area (Å²) in [6, 6.07) is 16.2. The quantitative estimate of drug-likeness (QED) is 0.0321. The molecule has 4 rings (SSSR count). The fourth-order valence-electron chi connectivity index (χ4n) is 7.97. The van der Waals surface area contributed by atoms with Gasteiger partial charge in [0.25, 0.3) is 0 Å². The Morgan fingerprint density at radius 1 is 0.357 bits per heavy atom. The van der Waals surface area contributed by atoms with E-state index in [0.717, 1.165) is 92.7 Å². The van der Waals surface area contributed by atoms with Crippen LogP contribution in [0.25, 0.3) is 0 Å². The van der Waals surface area contributed by atoms with E-state index in [1.165, 1.54) is 25.7 Å². The third kappa shape index (κ3) is 49.7. The highest BCUT2D eigenvalue weighted by molar-refractivity contribution is 5.93. The van der Waals surface area contributed by atoms with Gasteiger partial charge in [-0.2, -0.15) is 0 Å². The summed E-state index contributed by atoms with van der Waals surface area (Å²) < 4.78 is 59.7. The molecule has 0 unspecified atom stereocenters. The van der Waals surface area contributed by atoms with Crippen LogP contribution in [-0.2, 0) is 97.1 Å². The molecule has 0 bridgehead atoms. The molecule has 4 N–H and O–H groups in total. The molecular formula is C70H100N4O24. The molecule has 0 radical (unpaired) electrons. The van der Waals surface area contributed by atoms with Gasteiger partial charge in [-0.3, -0.25) is 0 Å². The monoisotopic (exact) mass is 1380 g/mol. The topological polar surface area (TPSA) is 364 Å². The van der Waals surface area contributed by atoms with Gasteiger partial charge in [0, 0.05) is 48.6 Å². The van der Waals surface area contributed by atoms with Gasteiger partial charge in [-0.15, -0.1) is 0 Å². The van der Waals surface area contributed by atoms with Crippen LogP contribution in [0.3, 0.4) is 0 Å². The SMILES string of the molecule is CC(C)OC(=O)/C=C/C(=O)OC[C@@H](C)NC(=O)OC1CCCCC1.CC(C)OC(=O)/C=C/C(=O)OC[C@@H](C)NC(=O)OCC1CCCCC1.CC(C)OC(=O)/C=C/C(=O)OC[C@@H](C)NC(=O)OCc1ccccc1.CC(C)OC(=O)/C=C/C(=O)OC[C@@H](C)NC(=O)Oc1ccccc1. The summed E-state index contributed by atoms with van der Waals surface area (Å²) in [6.45, 7) is 20.8. The van der Waals surface area contributed by atoms with Crippen LogP contribution in [0.5, 0.6) is 5.75 Å². The van der Waals surface area contributed by atoms with Crippen LogP contribution in [0.1, 0.15) is 153 Å². The molecule has 4 amide bonds. The summed E-state index contributed by atoms with van der Waals surface area (Å²) in [4.78, 5) is 138. The van der Waals surface area contributed by atoms with E-state index in [0.29, 0.717) is 18.3 Å². The Morgan fingerprint density at radius 2 is 0.663 bits per heavy atom. The van der Waals surface area contributed by atoms with Crippen LogP contribution in [0.4, 0.5) is 19.2 Å². The molecule has 0 spiro atoms. The van der Waals surface area contributed by atoms with Crippen LogP contribution in [0, 0.1) is 5.92 Å². The van der Waals surface area contributed by atoms with Gasteiger partial charge in [0.1, 0.15) is 44.9 Å². The lowest BCUT2D eigenvalue weighted by Crippen LogP contribution is -2.38. The molecule has 544 valence electrons. The number of benzene rings is 2. The van der Waals surface area contributed by atoms with Gasteiger partial charge >= 0.3 is 72.1 Å². The zero-order valence-corrected chi connectivity index (χ0v) is 58.3. The van der Waals surface area contributed by atoms with Crippen molar-refractivity contribution < 1.29 is 114 Å². The number of ether oxygens (including phenoxy) is 12. The van der Waals surface area contributed by atoms with Crippen LogP contribution in [0.2, 0.25) is 0 Å². The van der Waals surface area contributed by atoms with E-state index < -0.39 is 84.2 Å². The molecule has 28 heteroatoms. The van der Waals surface area contributed by atoms with Crippen LogP contribution in [0.15, 0.2) is 109 Å². The number of carbonyl (C=O) groups excluding carboxylic acids is 12. The van der Waals surface area contributed by atoms with Crippen molar-refractivity contribution >= 4 is 72.1 Å². The molecule has 2 aromatic carbocycles. The van der Waals surface area contributed by atoms with E-state index in [1.807, 2.05) is 30.3 Å². The predicted octanol–water partition coefficient (Wildman–Crippen LogP) is 9.78. The summed E-state index contributed by atoms with van der Waals surface area (Å²) in [5.41, 5.74) is 0.871. The van der Waals surface area contributed by atoms with Crippen molar-refractivity contribution in [3.05, 3.63) is 115 Å². The largest absolute Gasteiger partial charge is 0.460 e. The van der Waals surface area contributed by atoms with Crippen LogP contribution in [-0.4, -0.2) is 160 Å². The maximum Gasteiger partial charge on any atom is 0.412 e. The number of esters is 8. The number of hydrogen-bond acceptors (Lipinski definition) is 24. The van der Waals surface area contributed by atoms with Crippen molar-refractivity contribution in [3.63, 3.8) is 0 Å². The first-order chi connectivity index (χ1) is 46.5. The van der Waals surface area contributed by atoms with E-state index >= 15 is 0 Å². The normalized spacial score (nSPS) is 14.2. The smallest absolute Gasteiger partial charge is 0.412 e. The van der Waals surface area contributed by atoms with E-state index in [9.17, 15) is 57.5 Å². The summed E-state index contributed by atoms with van der Waals surface area (Å²) in [7, 11) is 0. The fraction of sp³-hybridized carbons (Fsp3) is 0.543. The molecule has 0 heterocycles. The Labute approximate surface area is 573 Å². The Hall–Kier alpha value is -9.76. The van der Waals surface area contributed by atoms with Gasteiger partial charge in [0.2, 0.25) is 0 Å². The molecule has 2 fully saturated rings. The summed E-state index contributed by atoms with van der Waals surface area (Å²) in [6.07, 6.45) is 15.6. The minimum absolute atomic E-state index is 0.0117. The van der Waals surface area contributed by atoms with Gasteiger partial charge in [-0.1, -0.05) is 74.2 Å². The minimum atomic E-state index is -0.708. The zero-order chi connectivity index (χ0) is 73.2. The number of amides is 4. The standard InChI is InChI=1S/C18H29NO6.C18H23NO6.C17H27NO6.C17H21NO6/c2*1-13(2)25-17(21)10-9-16(20)23-11-14(3)19-18(22)24-12-15-7-5-4-6-8-15;2*1-12(2)23-16(20)10-9-15(19)22-11-13(3)18-17(21)24-14-7-5-4-6-8-14/h9-10,13-15H,4-8,11-12H2,1-3H3,(H,19,22);4-10,13-14H,11-12H2,1-3H3,(H,19,22);9-10,12-14H,4-8,11H2,1-3H3,(H,18,21);4-10,12-13H,11H2,1-3H3,(H,18,21)/b4*10-9+/t2*14-;2*13-/m1111/s1. The highest BCUT2D eigenvalue weighted by Crippen LogP contribution is 2.24. The Bertz CT molecular complexity index is 2860.